The van der Waals surface area contributed by atoms with Crippen molar-refractivity contribution in [3.63, 3.8) is 0 Å². The molecule has 0 atom stereocenters. The van der Waals surface area contributed by atoms with E-state index in [-0.39, 0.29) is 11.4 Å². The zero-order chi connectivity index (χ0) is 15.3. The summed E-state index contributed by atoms with van der Waals surface area (Å²) >= 11 is 1.48. The van der Waals surface area contributed by atoms with Crippen LogP contribution in [-0.4, -0.2) is 24.9 Å². The summed E-state index contributed by atoms with van der Waals surface area (Å²) in [7, 11) is -3.55. The van der Waals surface area contributed by atoms with E-state index in [0.717, 1.165) is 22.9 Å². The van der Waals surface area contributed by atoms with E-state index in [4.69, 9.17) is 0 Å². The number of thiazole rings is 1. The van der Waals surface area contributed by atoms with Gasteiger partial charge in [0.2, 0.25) is 10.0 Å². The fourth-order valence-corrected chi connectivity index (χ4v) is 3.51. The zero-order valence-corrected chi connectivity index (χ0v) is 13.6. The van der Waals surface area contributed by atoms with Gasteiger partial charge in [0, 0.05) is 36.4 Å². The Balaban J connectivity index is 2.08. The van der Waals surface area contributed by atoms with E-state index < -0.39 is 10.0 Å². The molecule has 0 bridgehead atoms. The number of nitrogens with one attached hydrogen (secondary N) is 2. The average molecular weight is 326 g/mol. The first-order valence-corrected chi connectivity index (χ1v) is 8.92. The van der Waals surface area contributed by atoms with Crippen LogP contribution in [0.3, 0.4) is 0 Å². The standard InChI is InChI=1S/C13H18N4O2S2/c1-3-5-14-13-7-12(4-6-15-13)21(18,19)17-9-11-8-16-10(2)20-11/h4,6-8,17H,3,5,9H2,1-2H3,(H,14,15). The van der Waals surface area contributed by atoms with E-state index in [1.165, 1.54) is 29.7 Å². The predicted molar refractivity (Wildman–Crippen MR) is 83.9 cm³/mol. The van der Waals surface area contributed by atoms with Gasteiger partial charge in [0.25, 0.3) is 0 Å². The lowest BCUT2D eigenvalue weighted by molar-refractivity contribution is 0.581. The van der Waals surface area contributed by atoms with Crippen molar-refractivity contribution in [3.8, 4) is 0 Å². The Morgan fingerprint density at radius 2 is 2.14 bits per heavy atom. The van der Waals surface area contributed by atoms with Gasteiger partial charge in [-0.15, -0.1) is 11.3 Å². The fraction of sp³-hybridized carbons (Fsp3) is 0.385. The highest BCUT2D eigenvalue weighted by molar-refractivity contribution is 7.89. The number of aromatic nitrogens is 2. The molecule has 0 amide bonds. The minimum Gasteiger partial charge on any atom is -0.370 e. The predicted octanol–water partition coefficient (Wildman–Crippen LogP) is 2.15. The van der Waals surface area contributed by atoms with Crippen molar-refractivity contribution in [2.75, 3.05) is 11.9 Å². The highest BCUT2D eigenvalue weighted by atomic mass is 32.2. The van der Waals surface area contributed by atoms with Gasteiger partial charge in [0.05, 0.1) is 9.90 Å². The molecule has 0 fully saturated rings. The summed E-state index contributed by atoms with van der Waals surface area (Å²) in [6.45, 7) is 4.92. The van der Waals surface area contributed by atoms with E-state index in [9.17, 15) is 8.42 Å². The molecule has 0 saturated carbocycles. The van der Waals surface area contributed by atoms with Crippen LogP contribution in [-0.2, 0) is 16.6 Å². The summed E-state index contributed by atoms with van der Waals surface area (Å²) in [5.74, 6) is 0.563. The highest BCUT2D eigenvalue weighted by Gasteiger charge is 2.15. The average Bonchev–Trinajstić information content (AvgIpc) is 2.89. The third kappa shape index (κ3) is 4.48. The molecule has 2 heterocycles. The topological polar surface area (TPSA) is 84.0 Å². The normalized spacial score (nSPS) is 11.5. The molecule has 0 aliphatic carbocycles. The monoisotopic (exact) mass is 326 g/mol. The maximum atomic E-state index is 12.3. The lowest BCUT2D eigenvalue weighted by Gasteiger charge is -2.08. The lowest BCUT2D eigenvalue weighted by Crippen LogP contribution is -2.23. The second-order valence-electron chi connectivity index (χ2n) is 4.47. The third-order valence-electron chi connectivity index (χ3n) is 2.70. The van der Waals surface area contributed by atoms with Crippen LogP contribution in [0.25, 0.3) is 0 Å². The molecule has 114 valence electrons. The molecule has 8 heteroatoms. The van der Waals surface area contributed by atoms with Gasteiger partial charge in [-0.2, -0.15) is 0 Å². The molecule has 0 aliphatic rings. The van der Waals surface area contributed by atoms with Crippen molar-refractivity contribution in [3.05, 3.63) is 34.4 Å². The zero-order valence-electron chi connectivity index (χ0n) is 12.0. The molecule has 0 saturated heterocycles. The van der Waals surface area contributed by atoms with Crippen LogP contribution < -0.4 is 10.0 Å². The highest BCUT2D eigenvalue weighted by Crippen LogP contribution is 2.15. The summed E-state index contributed by atoms with van der Waals surface area (Å²) in [4.78, 5) is 9.29. The van der Waals surface area contributed by atoms with Crippen LogP contribution in [0.4, 0.5) is 5.82 Å². The molecule has 0 spiro atoms. The SMILES string of the molecule is CCCNc1cc(S(=O)(=O)NCc2cnc(C)s2)ccn1. The molecule has 0 unspecified atom stereocenters. The molecular weight excluding hydrogens is 308 g/mol. The Morgan fingerprint density at radius 3 is 2.81 bits per heavy atom. The Hall–Kier alpha value is -1.51. The van der Waals surface area contributed by atoms with Crippen molar-refractivity contribution < 1.29 is 8.42 Å². The number of hydrogen-bond donors (Lipinski definition) is 2. The van der Waals surface area contributed by atoms with Crippen LogP contribution in [0.15, 0.2) is 29.4 Å². The summed E-state index contributed by atoms with van der Waals surface area (Å²) in [6, 6.07) is 3.02. The van der Waals surface area contributed by atoms with Gasteiger partial charge in [-0.25, -0.2) is 23.1 Å². The minimum atomic E-state index is -3.55. The molecule has 0 aliphatic heterocycles. The molecule has 21 heavy (non-hydrogen) atoms. The Morgan fingerprint density at radius 1 is 1.33 bits per heavy atom. The largest absolute Gasteiger partial charge is 0.370 e. The number of hydrogen-bond acceptors (Lipinski definition) is 6. The first-order valence-electron chi connectivity index (χ1n) is 6.62. The second kappa shape index (κ2) is 6.97. The van der Waals surface area contributed by atoms with Gasteiger partial charge < -0.3 is 5.32 Å². The van der Waals surface area contributed by atoms with E-state index >= 15 is 0 Å². The first-order chi connectivity index (χ1) is 10.0. The maximum absolute atomic E-state index is 12.3. The molecule has 2 aromatic rings. The van der Waals surface area contributed by atoms with Crippen molar-refractivity contribution in [1.29, 1.82) is 0 Å². The van der Waals surface area contributed by atoms with Crippen LogP contribution in [0.1, 0.15) is 23.2 Å². The number of sulfonamides is 1. The second-order valence-corrected chi connectivity index (χ2v) is 7.56. The summed E-state index contributed by atoms with van der Waals surface area (Å²) < 4.78 is 27.1. The van der Waals surface area contributed by atoms with Crippen molar-refractivity contribution in [2.45, 2.75) is 31.7 Å². The Kier molecular flexibility index (Phi) is 5.27. The lowest BCUT2D eigenvalue weighted by atomic mass is 10.4. The van der Waals surface area contributed by atoms with Gasteiger partial charge in [-0.3, -0.25) is 0 Å². The fourth-order valence-electron chi connectivity index (χ4n) is 1.66. The van der Waals surface area contributed by atoms with Crippen LogP contribution in [0.5, 0.6) is 0 Å². The maximum Gasteiger partial charge on any atom is 0.241 e. The molecule has 2 aromatic heterocycles. The van der Waals surface area contributed by atoms with Crippen LogP contribution in [0, 0.1) is 6.92 Å². The van der Waals surface area contributed by atoms with Gasteiger partial charge in [0.1, 0.15) is 5.82 Å². The number of aryl methyl sites for hydroxylation is 1. The van der Waals surface area contributed by atoms with Crippen molar-refractivity contribution in [2.24, 2.45) is 0 Å². The smallest absolute Gasteiger partial charge is 0.241 e. The van der Waals surface area contributed by atoms with Crippen molar-refractivity contribution in [1.82, 2.24) is 14.7 Å². The number of rotatable bonds is 7. The molecule has 2 rings (SSSR count). The third-order valence-corrected chi connectivity index (χ3v) is 5.02. The molecule has 6 nitrogen and oxygen atoms in total. The van der Waals surface area contributed by atoms with Crippen molar-refractivity contribution >= 4 is 27.2 Å². The van der Waals surface area contributed by atoms with Gasteiger partial charge in [-0.05, 0) is 19.4 Å². The van der Waals surface area contributed by atoms with Gasteiger partial charge >= 0.3 is 0 Å². The van der Waals surface area contributed by atoms with E-state index in [1.54, 1.807) is 6.20 Å². The Labute approximate surface area is 128 Å². The van der Waals surface area contributed by atoms with E-state index in [1.807, 2.05) is 13.8 Å². The molecular formula is C13H18N4O2S2. The summed E-state index contributed by atoms with van der Waals surface area (Å²) in [5, 5.41) is 3.99. The van der Waals surface area contributed by atoms with Crippen LogP contribution in [0.2, 0.25) is 0 Å². The number of anilines is 1. The molecule has 2 N–H and O–H groups in total. The van der Waals surface area contributed by atoms with Crippen LogP contribution >= 0.6 is 11.3 Å². The Bertz CT molecular complexity index is 698. The summed E-state index contributed by atoms with van der Waals surface area (Å²) in [5.41, 5.74) is 0. The van der Waals surface area contributed by atoms with E-state index in [2.05, 4.69) is 20.0 Å². The summed E-state index contributed by atoms with van der Waals surface area (Å²) in [6.07, 6.45) is 4.12. The van der Waals surface area contributed by atoms with E-state index in [0.29, 0.717) is 5.82 Å². The van der Waals surface area contributed by atoms with Gasteiger partial charge in [-0.1, -0.05) is 6.92 Å². The minimum absolute atomic E-state index is 0.206. The number of nitrogens with zero attached hydrogens (tertiary/aromatic N) is 2. The molecule has 0 radical (unpaired) electrons. The number of pyridine rings is 1. The van der Waals surface area contributed by atoms with Gasteiger partial charge in [0.15, 0.2) is 0 Å². The first kappa shape index (κ1) is 15.9. The quantitative estimate of drug-likeness (QED) is 0.814. The molecule has 0 aromatic carbocycles.